The van der Waals surface area contributed by atoms with Crippen molar-refractivity contribution in [3.05, 3.63) is 12.2 Å². The van der Waals surface area contributed by atoms with Crippen molar-refractivity contribution in [2.45, 2.75) is 38.4 Å². The molecule has 0 aliphatic heterocycles. The van der Waals surface area contributed by atoms with Crippen LogP contribution in [0.5, 0.6) is 0 Å². The van der Waals surface area contributed by atoms with Crippen molar-refractivity contribution >= 4 is 10.1 Å². The van der Waals surface area contributed by atoms with Crippen LogP contribution in [0.3, 0.4) is 0 Å². The topological polar surface area (TPSA) is 54.4 Å². The molecule has 0 aromatic rings. The minimum atomic E-state index is -3.98. The highest BCUT2D eigenvalue weighted by Crippen LogP contribution is 2.40. The largest absolute Gasteiger partial charge is 0.285 e. The third-order valence-corrected chi connectivity index (χ3v) is 4.02. The normalized spacial score (nSPS) is 33.2. The fourth-order valence-electron chi connectivity index (χ4n) is 1.89. The van der Waals surface area contributed by atoms with Gasteiger partial charge >= 0.3 is 0 Å². The van der Waals surface area contributed by atoms with Gasteiger partial charge in [-0.05, 0) is 25.2 Å². The summed E-state index contributed by atoms with van der Waals surface area (Å²) < 4.78 is 30.2. The van der Waals surface area contributed by atoms with Crippen molar-refractivity contribution in [2.75, 3.05) is 0 Å². The fourth-order valence-corrected chi connectivity index (χ4v) is 2.73. The quantitative estimate of drug-likeness (QED) is 0.525. The second-order valence-corrected chi connectivity index (χ2v) is 6.62. The lowest BCUT2D eigenvalue weighted by Crippen LogP contribution is -2.39. The molecule has 1 aliphatic rings. The molecule has 0 radical (unpaired) electrons. The van der Waals surface area contributed by atoms with E-state index in [1.807, 2.05) is 19.9 Å². The average Bonchev–Trinajstić information content (AvgIpc) is 1.80. The van der Waals surface area contributed by atoms with Crippen LogP contribution in [0, 0.1) is 5.41 Å². The molecule has 76 valence electrons. The second kappa shape index (κ2) is 2.82. The van der Waals surface area contributed by atoms with Gasteiger partial charge in [0, 0.05) is 0 Å². The Labute approximate surface area is 79.6 Å². The summed E-state index contributed by atoms with van der Waals surface area (Å²) in [5.41, 5.74) is -0.0562. The lowest BCUT2D eigenvalue weighted by atomic mass is 9.76. The van der Waals surface area contributed by atoms with Gasteiger partial charge in [-0.3, -0.25) is 4.55 Å². The van der Waals surface area contributed by atoms with E-state index >= 15 is 0 Å². The smallest absolute Gasteiger partial charge is 0.274 e. The van der Waals surface area contributed by atoms with Crippen molar-refractivity contribution in [2.24, 2.45) is 5.41 Å². The first-order valence-corrected chi connectivity index (χ1v) is 5.75. The van der Waals surface area contributed by atoms with Gasteiger partial charge in [-0.25, -0.2) is 0 Å². The van der Waals surface area contributed by atoms with Gasteiger partial charge in [0.25, 0.3) is 10.1 Å². The maximum absolute atomic E-state index is 11.1. The van der Waals surface area contributed by atoms with Gasteiger partial charge in [0.1, 0.15) is 4.75 Å². The van der Waals surface area contributed by atoms with Crippen LogP contribution >= 0.6 is 0 Å². The summed E-state index contributed by atoms with van der Waals surface area (Å²) in [5, 5.41) is 0. The summed E-state index contributed by atoms with van der Waals surface area (Å²) in [7, 11) is -3.98. The third-order valence-electron chi connectivity index (χ3n) is 2.56. The van der Waals surface area contributed by atoms with E-state index < -0.39 is 14.9 Å². The standard InChI is InChI=1S/C9H16O3S/c1-8(2)5-4-6-9(3,7-8)13(10,11)12/h4,6H,5,7H2,1-3H3,(H,10,11,12). The number of hydrogen-bond acceptors (Lipinski definition) is 2. The van der Waals surface area contributed by atoms with E-state index in [2.05, 4.69) is 0 Å². The molecule has 1 aliphatic carbocycles. The Morgan fingerprint density at radius 3 is 2.15 bits per heavy atom. The lowest BCUT2D eigenvalue weighted by molar-refractivity contribution is 0.287. The monoisotopic (exact) mass is 204 g/mol. The van der Waals surface area contributed by atoms with E-state index in [4.69, 9.17) is 4.55 Å². The van der Waals surface area contributed by atoms with Gasteiger partial charge in [0.15, 0.2) is 0 Å². The number of rotatable bonds is 1. The van der Waals surface area contributed by atoms with Crippen molar-refractivity contribution in [3.63, 3.8) is 0 Å². The van der Waals surface area contributed by atoms with Crippen molar-refractivity contribution in [1.29, 1.82) is 0 Å². The molecular weight excluding hydrogens is 188 g/mol. The molecule has 0 amide bonds. The van der Waals surface area contributed by atoms with Crippen LogP contribution in [0.25, 0.3) is 0 Å². The molecule has 1 atom stereocenters. The summed E-state index contributed by atoms with van der Waals surface area (Å²) in [6, 6.07) is 0. The maximum atomic E-state index is 11.1. The Hall–Kier alpha value is -0.350. The van der Waals surface area contributed by atoms with E-state index in [1.165, 1.54) is 0 Å². The maximum Gasteiger partial charge on any atom is 0.274 e. The summed E-state index contributed by atoms with van der Waals surface area (Å²) in [6.45, 7) is 5.56. The molecule has 1 rings (SSSR count). The minimum absolute atomic E-state index is 0.0562. The highest BCUT2D eigenvalue weighted by Gasteiger charge is 2.42. The van der Waals surface area contributed by atoms with Gasteiger partial charge in [0.2, 0.25) is 0 Å². The van der Waals surface area contributed by atoms with Gasteiger partial charge in [0.05, 0.1) is 0 Å². The molecule has 0 bridgehead atoms. The summed E-state index contributed by atoms with van der Waals surface area (Å²) in [5.74, 6) is 0. The Balaban J connectivity index is 3.08. The van der Waals surface area contributed by atoms with Crippen LogP contribution < -0.4 is 0 Å². The third kappa shape index (κ3) is 2.11. The molecule has 0 fully saturated rings. The van der Waals surface area contributed by atoms with Gasteiger partial charge in [-0.2, -0.15) is 8.42 Å². The molecule has 1 N–H and O–H groups in total. The molecule has 0 heterocycles. The average molecular weight is 204 g/mol. The zero-order chi connectivity index (χ0) is 10.3. The fraction of sp³-hybridized carbons (Fsp3) is 0.778. The predicted octanol–water partition coefficient (Wildman–Crippen LogP) is 2.01. The van der Waals surface area contributed by atoms with Crippen LogP contribution in [0.1, 0.15) is 33.6 Å². The van der Waals surface area contributed by atoms with Crippen molar-refractivity contribution in [3.8, 4) is 0 Å². The summed E-state index contributed by atoms with van der Waals surface area (Å²) >= 11 is 0. The highest BCUT2D eigenvalue weighted by atomic mass is 32.2. The van der Waals surface area contributed by atoms with Crippen LogP contribution in [0.15, 0.2) is 12.2 Å². The molecule has 4 heteroatoms. The molecule has 1 unspecified atom stereocenters. The lowest BCUT2D eigenvalue weighted by Gasteiger charge is -2.36. The minimum Gasteiger partial charge on any atom is -0.285 e. The molecular formula is C9H16O3S. The molecule has 0 spiro atoms. The van der Waals surface area contributed by atoms with Crippen molar-refractivity contribution < 1.29 is 13.0 Å². The van der Waals surface area contributed by atoms with Crippen LogP contribution in [0.2, 0.25) is 0 Å². The van der Waals surface area contributed by atoms with E-state index in [9.17, 15) is 8.42 Å². The second-order valence-electron chi connectivity index (χ2n) is 4.74. The van der Waals surface area contributed by atoms with E-state index in [-0.39, 0.29) is 5.41 Å². The first-order valence-electron chi connectivity index (χ1n) is 4.31. The SMILES string of the molecule is CC1(C)CC=CC(C)(S(=O)(=O)O)C1. The molecule has 3 nitrogen and oxygen atoms in total. The van der Waals surface area contributed by atoms with Gasteiger partial charge in [-0.15, -0.1) is 0 Å². The van der Waals surface area contributed by atoms with Crippen LogP contribution in [0.4, 0.5) is 0 Å². The first-order chi connectivity index (χ1) is 5.66. The summed E-state index contributed by atoms with van der Waals surface area (Å²) in [4.78, 5) is 0. The van der Waals surface area contributed by atoms with E-state index in [0.29, 0.717) is 6.42 Å². The Kier molecular flexibility index (Phi) is 2.33. The summed E-state index contributed by atoms with van der Waals surface area (Å²) in [6.07, 6.45) is 4.75. The Morgan fingerprint density at radius 1 is 1.31 bits per heavy atom. The number of allylic oxidation sites excluding steroid dienone is 1. The van der Waals surface area contributed by atoms with Gasteiger partial charge in [-0.1, -0.05) is 26.0 Å². The molecule has 0 saturated heterocycles. The Bertz CT molecular complexity index is 327. The van der Waals surface area contributed by atoms with Crippen LogP contribution in [-0.4, -0.2) is 17.7 Å². The number of hydrogen-bond donors (Lipinski definition) is 1. The van der Waals surface area contributed by atoms with Crippen LogP contribution in [-0.2, 0) is 10.1 Å². The molecule has 13 heavy (non-hydrogen) atoms. The zero-order valence-electron chi connectivity index (χ0n) is 8.24. The first kappa shape index (κ1) is 10.7. The zero-order valence-corrected chi connectivity index (χ0v) is 9.06. The van der Waals surface area contributed by atoms with Crippen molar-refractivity contribution in [1.82, 2.24) is 0 Å². The molecule has 0 aromatic heterocycles. The highest BCUT2D eigenvalue weighted by molar-refractivity contribution is 7.87. The Morgan fingerprint density at radius 2 is 1.85 bits per heavy atom. The van der Waals surface area contributed by atoms with E-state index in [0.717, 1.165) is 6.42 Å². The molecule has 0 aromatic carbocycles. The molecule has 0 saturated carbocycles. The predicted molar refractivity (Wildman–Crippen MR) is 52.1 cm³/mol. The van der Waals surface area contributed by atoms with Gasteiger partial charge < -0.3 is 0 Å². The van der Waals surface area contributed by atoms with E-state index in [1.54, 1.807) is 13.0 Å².